The van der Waals surface area contributed by atoms with Crippen molar-refractivity contribution < 1.29 is 27.1 Å². The summed E-state index contributed by atoms with van der Waals surface area (Å²) in [6.07, 6.45) is -5.86. The topological polar surface area (TPSA) is 29.5 Å². The second kappa shape index (κ2) is 7.68. The van der Waals surface area contributed by atoms with E-state index in [0.29, 0.717) is 11.1 Å². The van der Waals surface area contributed by atoms with E-state index < -0.39 is 30.2 Å². The molecule has 0 aliphatic carbocycles. The Morgan fingerprint density at radius 2 is 1.70 bits per heavy atom. The van der Waals surface area contributed by atoms with Crippen LogP contribution in [0.15, 0.2) is 54.6 Å². The largest absolute Gasteiger partial charge is 0.522 e. The second-order valence-electron chi connectivity index (χ2n) is 6.71. The lowest BCUT2D eigenvalue weighted by Crippen LogP contribution is -2.49. The van der Waals surface area contributed by atoms with Gasteiger partial charge in [0.15, 0.2) is 0 Å². The van der Waals surface area contributed by atoms with Crippen LogP contribution in [-0.4, -0.2) is 29.8 Å². The summed E-state index contributed by atoms with van der Waals surface area (Å²) in [5.41, 5.74) is 1.02. The van der Waals surface area contributed by atoms with Crippen LogP contribution >= 0.6 is 0 Å². The van der Waals surface area contributed by atoms with Crippen molar-refractivity contribution in [1.29, 1.82) is 0 Å². The van der Waals surface area contributed by atoms with E-state index >= 15 is 0 Å². The summed E-state index contributed by atoms with van der Waals surface area (Å²) in [7, 11) is 0. The molecular weight excluding hydrogens is 362 g/mol. The van der Waals surface area contributed by atoms with Gasteiger partial charge in [0.2, 0.25) is 0 Å². The van der Waals surface area contributed by atoms with Crippen molar-refractivity contribution >= 4 is 5.91 Å². The van der Waals surface area contributed by atoms with Crippen molar-refractivity contribution in [3.8, 4) is 0 Å². The fourth-order valence-electron chi connectivity index (χ4n) is 3.44. The van der Waals surface area contributed by atoms with Crippen LogP contribution in [0, 0.1) is 11.7 Å². The lowest BCUT2D eigenvalue weighted by Gasteiger charge is -2.43. The van der Waals surface area contributed by atoms with E-state index in [-0.39, 0.29) is 18.9 Å². The Bertz CT molecular complexity index is 777. The van der Waals surface area contributed by atoms with E-state index in [1.165, 1.54) is 24.3 Å². The standard InChI is InChI=1S/C20H19F4NO2/c1-13-12-25(19(26)15-5-3-2-4-6-15)17(11-18(13)27-20(22,23)24)14-7-9-16(21)10-8-14/h2-10,13,17-18H,11-12H2,1H3/t13-,17-,18?/m1/s1. The Morgan fingerprint density at radius 1 is 1.07 bits per heavy atom. The third-order valence-electron chi connectivity index (χ3n) is 4.77. The molecule has 0 spiro atoms. The van der Waals surface area contributed by atoms with Gasteiger partial charge >= 0.3 is 6.36 Å². The minimum Gasteiger partial charge on any atom is -0.331 e. The Kier molecular flexibility index (Phi) is 5.51. The molecule has 1 amide bonds. The summed E-state index contributed by atoms with van der Waals surface area (Å²) in [6, 6.07) is 13.4. The number of halogens is 4. The van der Waals surface area contributed by atoms with E-state index in [2.05, 4.69) is 4.74 Å². The smallest absolute Gasteiger partial charge is 0.331 e. The molecule has 3 rings (SSSR count). The number of hydrogen-bond acceptors (Lipinski definition) is 2. The first kappa shape index (κ1) is 19.4. The van der Waals surface area contributed by atoms with E-state index in [4.69, 9.17) is 0 Å². The summed E-state index contributed by atoms with van der Waals surface area (Å²) in [4.78, 5) is 14.5. The molecule has 7 heteroatoms. The van der Waals surface area contributed by atoms with E-state index in [9.17, 15) is 22.4 Å². The maximum atomic E-state index is 13.3. The van der Waals surface area contributed by atoms with Gasteiger partial charge in [0.05, 0.1) is 12.1 Å². The number of likely N-dealkylation sites (tertiary alicyclic amines) is 1. The Morgan fingerprint density at radius 3 is 2.30 bits per heavy atom. The highest BCUT2D eigenvalue weighted by atomic mass is 19.4. The van der Waals surface area contributed by atoms with Gasteiger partial charge in [-0.25, -0.2) is 4.39 Å². The number of nitrogens with zero attached hydrogens (tertiary/aromatic N) is 1. The maximum Gasteiger partial charge on any atom is 0.522 e. The first-order valence-corrected chi connectivity index (χ1v) is 8.60. The molecule has 1 unspecified atom stereocenters. The minimum atomic E-state index is -4.75. The van der Waals surface area contributed by atoms with Gasteiger partial charge in [0, 0.05) is 18.0 Å². The average molecular weight is 381 g/mol. The average Bonchev–Trinajstić information content (AvgIpc) is 2.63. The summed E-state index contributed by atoms with van der Waals surface area (Å²) in [5, 5.41) is 0. The zero-order valence-corrected chi connectivity index (χ0v) is 14.6. The van der Waals surface area contributed by atoms with E-state index in [1.807, 2.05) is 0 Å². The van der Waals surface area contributed by atoms with Crippen molar-refractivity contribution in [2.24, 2.45) is 5.92 Å². The Labute approximate surface area is 154 Å². The number of hydrogen-bond donors (Lipinski definition) is 0. The molecule has 144 valence electrons. The zero-order chi connectivity index (χ0) is 19.6. The number of alkyl halides is 3. The van der Waals surface area contributed by atoms with Crippen molar-refractivity contribution in [3.63, 3.8) is 0 Å². The number of rotatable bonds is 3. The predicted molar refractivity (Wildman–Crippen MR) is 91.3 cm³/mol. The normalized spacial score (nSPS) is 23.3. The van der Waals surface area contributed by atoms with Gasteiger partial charge in [0.25, 0.3) is 5.91 Å². The van der Waals surface area contributed by atoms with Gasteiger partial charge < -0.3 is 4.90 Å². The van der Waals surface area contributed by atoms with Gasteiger partial charge in [-0.3, -0.25) is 9.53 Å². The van der Waals surface area contributed by atoms with Crippen LogP contribution in [0.4, 0.5) is 17.6 Å². The fourth-order valence-corrected chi connectivity index (χ4v) is 3.44. The quantitative estimate of drug-likeness (QED) is 0.704. The lowest BCUT2D eigenvalue weighted by atomic mass is 9.87. The Balaban J connectivity index is 1.92. The van der Waals surface area contributed by atoms with Crippen LogP contribution in [0.2, 0.25) is 0 Å². The molecule has 1 aliphatic rings. The highest BCUT2D eigenvalue weighted by Gasteiger charge is 2.43. The molecule has 1 heterocycles. The molecule has 1 aliphatic heterocycles. The molecule has 0 N–H and O–H groups in total. The van der Waals surface area contributed by atoms with Crippen LogP contribution in [-0.2, 0) is 4.74 Å². The van der Waals surface area contributed by atoms with Gasteiger partial charge in [-0.2, -0.15) is 0 Å². The van der Waals surface area contributed by atoms with Gasteiger partial charge in [-0.1, -0.05) is 37.3 Å². The number of amides is 1. The molecule has 1 fully saturated rings. The zero-order valence-electron chi connectivity index (χ0n) is 14.6. The highest BCUT2D eigenvalue weighted by Crippen LogP contribution is 2.38. The fraction of sp³-hybridized carbons (Fsp3) is 0.350. The number of piperidine rings is 1. The van der Waals surface area contributed by atoms with Gasteiger partial charge in [0.1, 0.15) is 5.82 Å². The summed E-state index contributed by atoms with van der Waals surface area (Å²) in [5.74, 6) is -1.23. The molecule has 0 aromatic heterocycles. The summed E-state index contributed by atoms with van der Waals surface area (Å²) < 4.78 is 55.9. The van der Waals surface area contributed by atoms with Crippen molar-refractivity contribution in [3.05, 3.63) is 71.5 Å². The second-order valence-corrected chi connectivity index (χ2v) is 6.71. The van der Waals surface area contributed by atoms with Crippen LogP contribution in [0.5, 0.6) is 0 Å². The van der Waals surface area contributed by atoms with Crippen molar-refractivity contribution in [2.45, 2.75) is 31.9 Å². The van der Waals surface area contributed by atoms with E-state index in [0.717, 1.165) is 0 Å². The monoisotopic (exact) mass is 381 g/mol. The number of ether oxygens (including phenoxy) is 1. The number of carbonyl (C=O) groups is 1. The molecule has 0 bridgehead atoms. The first-order chi connectivity index (χ1) is 12.7. The third-order valence-corrected chi connectivity index (χ3v) is 4.77. The highest BCUT2D eigenvalue weighted by molar-refractivity contribution is 5.94. The number of carbonyl (C=O) groups excluding carboxylic acids is 1. The third kappa shape index (κ3) is 4.66. The van der Waals surface area contributed by atoms with Crippen LogP contribution in [0.1, 0.15) is 35.3 Å². The predicted octanol–water partition coefficient (Wildman–Crippen LogP) is 4.95. The first-order valence-electron chi connectivity index (χ1n) is 8.60. The molecule has 2 aromatic rings. The van der Waals surface area contributed by atoms with Crippen molar-refractivity contribution in [1.82, 2.24) is 4.90 Å². The van der Waals surface area contributed by atoms with Gasteiger partial charge in [-0.05, 0) is 36.2 Å². The summed E-state index contributed by atoms with van der Waals surface area (Å²) >= 11 is 0. The Hall–Kier alpha value is -2.41. The molecular formula is C20H19F4NO2. The minimum absolute atomic E-state index is 0.0229. The molecule has 0 saturated carbocycles. The SMILES string of the molecule is C[C@@H]1CN(C(=O)c2ccccc2)[C@@H](c2ccc(F)cc2)CC1OC(F)(F)F. The molecule has 3 atom stereocenters. The summed E-state index contributed by atoms with van der Waals surface area (Å²) in [6.45, 7) is 1.74. The molecule has 3 nitrogen and oxygen atoms in total. The lowest BCUT2D eigenvalue weighted by molar-refractivity contribution is -0.352. The van der Waals surface area contributed by atoms with E-state index in [1.54, 1.807) is 42.2 Å². The van der Waals surface area contributed by atoms with Crippen LogP contribution < -0.4 is 0 Å². The van der Waals surface area contributed by atoms with Crippen LogP contribution in [0.25, 0.3) is 0 Å². The van der Waals surface area contributed by atoms with Crippen LogP contribution in [0.3, 0.4) is 0 Å². The molecule has 1 saturated heterocycles. The maximum absolute atomic E-state index is 13.3. The molecule has 2 aromatic carbocycles. The molecule has 27 heavy (non-hydrogen) atoms. The van der Waals surface area contributed by atoms with Crippen molar-refractivity contribution in [2.75, 3.05) is 6.54 Å². The molecule has 0 radical (unpaired) electrons. The van der Waals surface area contributed by atoms with Gasteiger partial charge in [-0.15, -0.1) is 13.2 Å². The number of benzene rings is 2.